The molecule has 14 heteroatoms. The van der Waals surface area contributed by atoms with Crippen LogP contribution in [-0.4, -0.2) is 67.3 Å². The number of benzene rings is 2. The number of ether oxygens (including phenoxy) is 2. The summed E-state index contributed by atoms with van der Waals surface area (Å²) in [7, 11) is -6.76. The van der Waals surface area contributed by atoms with Crippen molar-refractivity contribution in [2.75, 3.05) is 26.7 Å². The second kappa shape index (κ2) is 12.5. The number of sulfonamides is 2. The standard InChI is InChI=1S/C23H32N4O8S2/c1-23(2,3)35-22(29)25-15-20(21(28)34-4)27-37(32,33)19-11-7-17(8-12-19)16-5-9-18(10-6-16)36(30,31)26-14-13-24/h5-12,20,26-27H,13-15,24H2,1-4H3,(H,25,29)/t20-/m0/s1. The molecule has 0 aliphatic heterocycles. The van der Waals surface area contributed by atoms with Gasteiger partial charge in [-0.2, -0.15) is 4.72 Å². The lowest BCUT2D eigenvalue weighted by atomic mass is 10.1. The number of alkyl carbamates (subject to hydrolysis) is 1. The van der Waals surface area contributed by atoms with E-state index in [1.165, 1.54) is 36.4 Å². The Bertz CT molecular complexity index is 1290. The van der Waals surface area contributed by atoms with Gasteiger partial charge < -0.3 is 20.5 Å². The number of amides is 1. The fraction of sp³-hybridized carbons (Fsp3) is 0.391. The van der Waals surface area contributed by atoms with E-state index in [9.17, 15) is 26.4 Å². The highest BCUT2D eigenvalue weighted by Crippen LogP contribution is 2.23. The number of carbonyl (C=O) groups excluding carboxylic acids is 2. The topological polar surface area (TPSA) is 183 Å². The van der Waals surface area contributed by atoms with E-state index in [1.807, 2.05) is 0 Å². The van der Waals surface area contributed by atoms with Crippen molar-refractivity contribution in [2.45, 2.75) is 42.2 Å². The molecule has 0 radical (unpaired) electrons. The Morgan fingerprint density at radius 2 is 1.38 bits per heavy atom. The highest BCUT2D eigenvalue weighted by Gasteiger charge is 2.28. The molecule has 0 aliphatic rings. The van der Waals surface area contributed by atoms with Crippen LogP contribution in [0.3, 0.4) is 0 Å². The molecule has 0 spiro atoms. The summed E-state index contributed by atoms with van der Waals surface area (Å²) >= 11 is 0. The van der Waals surface area contributed by atoms with Gasteiger partial charge in [0.05, 0.1) is 16.9 Å². The lowest BCUT2D eigenvalue weighted by Crippen LogP contribution is -2.49. The van der Waals surface area contributed by atoms with Crippen LogP contribution in [0.1, 0.15) is 20.8 Å². The largest absolute Gasteiger partial charge is 0.468 e. The van der Waals surface area contributed by atoms with Crippen LogP contribution >= 0.6 is 0 Å². The maximum atomic E-state index is 12.9. The molecule has 5 N–H and O–H groups in total. The van der Waals surface area contributed by atoms with E-state index >= 15 is 0 Å². The molecule has 0 bridgehead atoms. The second-order valence-electron chi connectivity index (χ2n) is 8.82. The first-order valence-corrected chi connectivity index (χ1v) is 14.1. The normalized spacial score (nSPS) is 13.0. The first-order valence-electron chi connectivity index (χ1n) is 11.2. The zero-order valence-electron chi connectivity index (χ0n) is 21.0. The van der Waals surface area contributed by atoms with Gasteiger partial charge in [0.25, 0.3) is 0 Å². The Kier molecular flexibility index (Phi) is 10.2. The highest BCUT2D eigenvalue weighted by atomic mass is 32.2. The molecule has 0 fully saturated rings. The smallest absolute Gasteiger partial charge is 0.407 e. The average molecular weight is 557 g/mol. The van der Waals surface area contributed by atoms with Gasteiger partial charge >= 0.3 is 12.1 Å². The van der Waals surface area contributed by atoms with Crippen molar-refractivity contribution in [3.8, 4) is 11.1 Å². The Morgan fingerprint density at radius 3 is 1.81 bits per heavy atom. The molecule has 0 unspecified atom stereocenters. The number of nitrogens with two attached hydrogens (primary N) is 1. The number of rotatable bonds is 11. The van der Waals surface area contributed by atoms with Crippen LogP contribution in [0, 0.1) is 0 Å². The third-order valence-electron chi connectivity index (χ3n) is 4.73. The fourth-order valence-electron chi connectivity index (χ4n) is 3.00. The lowest BCUT2D eigenvalue weighted by molar-refractivity contribution is -0.142. The van der Waals surface area contributed by atoms with Gasteiger partial charge in [0.2, 0.25) is 20.0 Å². The minimum Gasteiger partial charge on any atom is -0.468 e. The van der Waals surface area contributed by atoms with Crippen molar-refractivity contribution in [3.63, 3.8) is 0 Å². The number of carbonyl (C=O) groups is 2. The summed E-state index contributed by atoms with van der Waals surface area (Å²) in [4.78, 5) is 24.0. The maximum absolute atomic E-state index is 12.9. The predicted molar refractivity (Wildman–Crippen MR) is 136 cm³/mol. The fourth-order valence-corrected chi connectivity index (χ4v) is 5.23. The second-order valence-corrected chi connectivity index (χ2v) is 12.3. The van der Waals surface area contributed by atoms with Gasteiger partial charge in [0.1, 0.15) is 11.6 Å². The molecule has 2 rings (SSSR count). The first-order chi connectivity index (χ1) is 17.2. The quantitative estimate of drug-likeness (QED) is 0.293. The summed E-state index contributed by atoms with van der Waals surface area (Å²) in [6.07, 6.45) is -0.820. The van der Waals surface area contributed by atoms with E-state index in [0.717, 1.165) is 7.11 Å². The van der Waals surface area contributed by atoms with Gasteiger partial charge in [0, 0.05) is 19.6 Å². The van der Waals surface area contributed by atoms with Gasteiger partial charge in [-0.3, -0.25) is 4.79 Å². The van der Waals surface area contributed by atoms with Crippen LogP contribution in [0.25, 0.3) is 11.1 Å². The van der Waals surface area contributed by atoms with Crippen molar-refractivity contribution in [1.82, 2.24) is 14.8 Å². The molecule has 37 heavy (non-hydrogen) atoms. The van der Waals surface area contributed by atoms with Crippen molar-refractivity contribution < 1.29 is 35.9 Å². The van der Waals surface area contributed by atoms with Gasteiger partial charge in [-0.25, -0.2) is 26.4 Å². The van der Waals surface area contributed by atoms with Crippen LogP contribution < -0.4 is 20.5 Å². The Balaban J connectivity index is 2.15. The molecule has 2 aromatic rings. The molecule has 204 valence electrons. The molecule has 0 saturated heterocycles. The van der Waals surface area contributed by atoms with Crippen molar-refractivity contribution in [1.29, 1.82) is 0 Å². The molecular formula is C23H32N4O8S2. The summed E-state index contributed by atoms with van der Waals surface area (Å²) in [6, 6.07) is 10.4. The van der Waals surface area contributed by atoms with Crippen LogP contribution in [0.15, 0.2) is 58.3 Å². The molecule has 0 aromatic heterocycles. The number of hydrogen-bond acceptors (Lipinski definition) is 9. The molecular weight excluding hydrogens is 524 g/mol. The molecule has 1 amide bonds. The Labute approximate surface area is 217 Å². The highest BCUT2D eigenvalue weighted by molar-refractivity contribution is 7.89. The maximum Gasteiger partial charge on any atom is 0.407 e. The lowest BCUT2D eigenvalue weighted by Gasteiger charge is -2.21. The summed E-state index contributed by atoms with van der Waals surface area (Å²) < 4.78 is 64.5. The summed E-state index contributed by atoms with van der Waals surface area (Å²) in [5.74, 6) is -0.896. The minimum atomic E-state index is -4.17. The van der Waals surface area contributed by atoms with E-state index in [-0.39, 0.29) is 22.9 Å². The first kappa shape index (κ1) is 30.2. The van der Waals surface area contributed by atoms with Crippen molar-refractivity contribution in [3.05, 3.63) is 48.5 Å². The summed E-state index contributed by atoms with van der Waals surface area (Å²) in [5, 5.41) is 2.34. The van der Waals surface area contributed by atoms with Crippen LogP contribution in [0.5, 0.6) is 0 Å². The Morgan fingerprint density at radius 1 is 0.892 bits per heavy atom. The SMILES string of the molecule is COC(=O)[C@H](CNC(=O)OC(C)(C)C)NS(=O)(=O)c1ccc(-c2ccc(S(=O)(=O)NCCN)cc2)cc1. The van der Waals surface area contributed by atoms with Gasteiger partial charge in [0.15, 0.2) is 0 Å². The molecule has 2 aromatic carbocycles. The summed E-state index contributed by atoms with van der Waals surface area (Å²) in [5.41, 5.74) is 5.85. The van der Waals surface area contributed by atoms with Gasteiger partial charge in [-0.15, -0.1) is 0 Å². The monoisotopic (exact) mass is 556 g/mol. The van der Waals surface area contributed by atoms with E-state index < -0.39 is 50.3 Å². The number of hydrogen-bond donors (Lipinski definition) is 4. The van der Waals surface area contributed by atoms with E-state index in [2.05, 4.69) is 19.5 Å². The van der Waals surface area contributed by atoms with Crippen LogP contribution in [0.4, 0.5) is 4.79 Å². The predicted octanol–water partition coefficient (Wildman–Crippen LogP) is 0.935. The molecule has 1 atom stereocenters. The van der Waals surface area contributed by atoms with Gasteiger partial charge in [-0.1, -0.05) is 24.3 Å². The van der Waals surface area contributed by atoms with Crippen molar-refractivity contribution >= 4 is 32.1 Å². The molecule has 0 saturated carbocycles. The van der Waals surface area contributed by atoms with E-state index in [0.29, 0.717) is 11.1 Å². The zero-order chi connectivity index (χ0) is 27.9. The Hall–Kier alpha value is -3.04. The number of nitrogens with one attached hydrogen (secondary N) is 3. The van der Waals surface area contributed by atoms with Crippen LogP contribution in [0.2, 0.25) is 0 Å². The van der Waals surface area contributed by atoms with Gasteiger partial charge in [-0.05, 0) is 56.2 Å². The van der Waals surface area contributed by atoms with Crippen molar-refractivity contribution in [2.24, 2.45) is 5.73 Å². The van der Waals surface area contributed by atoms with E-state index in [4.69, 9.17) is 10.5 Å². The number of esters is 1. The average Bonchev–Trinajstić information content (AvgIpc) is 2.84. The number of methoxy groups -OCH3 is 1. The molecule has 0 aliphatic carbocycles. The summed E-state index contributed by atoms with van der Waals surface area (Å²) in [6.45, 7) is 4.87. The zero-order valence-corrected chi connectivity index (χ0v) is 22.6. The minimum absolute atomic E-state index is 0.0712. The molecule has 0 heterocycles. The molecule has 12 nitrogen and oxygen atoms in total. The van der Waals surface area contributed by atoms with Crippen LogP contribution in [-0.2, 0) is 34.3 Å². The third kappa shape index (κ3) is 9.09. The van der Waals surface area contributed by atoms with E-state index in [1.54, 1.807) is 32.9 Å². The third-order valence-corrected chi connectivity index (χ3v) is 7.70.